The molecule has 78 valence electrons. The Morgan fingerprint density at radius 1 is 1.50 bits per heavy atom. The van der Waals surface area contributed by atoms with Crippen molar-refractivity contribution < 1.29 is 9.21 Å². The summed E-state index contributed by atoms with van der Waals surface area (Å²) in [6.45, 7) is 5.77. The molecule has 0 aliphatic carbocycles. The van der Waals surface area contributed by atoms with Gasteiger partial charge < -0.3 is 9.73 Å². The van der Waals surface area contributed by atoms with Crippen molar-refractivity contribution in [1.29, 1.82) is 0 Å². The van der Waals surface area contributed by atoms with E-state index in [1.807, 2.05) is 26.8 Å². The highest BCUT2D eigenvalue weighted by Crippen LogP contribution is 2.04. The monoisotopic (exact) mass is 195 g/mol. The topological polar surface area (TPSA) is 42.2 Å². The van der Waals surface area contributed by atoms with Crippen molar-refractivity contribution >= 4 is 5.91 Å². The maximum atomic E-state index is 11.3. The Morgan fingerprint density at radius 2 is 2.21 bits per heavy atom. The first-order valence-electron chi connectivity index (χ1n) is 4.91. The molecule has 0 saturated carbocycles. The molecule has 1 aromatic heterocycles. The van der Waals surface area contributed by atoms with Gasteiger partial charge in [-0.3, -0.25) is 4.79 Å². The largest absolute Gasteiger partial charge is 0.472 e. The smallest absolute Gasteiger partial charge is 0.222 e. The normalized spacial score (nSPS) is 12.9. The summed E-state index contributed by atoms with van der Waals surface area (Å²) in [4.78, 5) is 11.3. The first-order chi connectivity index (χ1) is 6.59. The van der Waals surface area contributed by atoms with Crippen LogP contribution < -0.4 is 5.32 Å². The highest BCUT2D eigenvalue weighted by molar-refractivity contribution is 5.78. The van der Waals surface area contributed by atoms with Crippen LogP contribution in [0.1, 0.15) is 26.3 Å². The average Bonchev–Trinajstić information content (AvgIpc) is 2.56. The zero-order valence-corrected chi connectivity index (χ0v) is 8.91. The predicted octanol–water partition coefficient (Wildman–Crippen LogP) is 1.98. The summed E-state index contributed by atoms with van der Waals surface area (Å²) in [6, 6.07) is 2.07. The number of hydrogen-bond donors (Lipinski definition) is 1. The molecule has 0 aliphatic heterocycles. The van der Waals surface area contributed by atoms with E-state index in [4.69, 9.17) is 4.42 Å². The highest BCUT2D eigenvalue weighted by Gasteiger charge is 2.11. The van der Waals surface area contributed by atoms with Gasteiger partial charge in [0.25, 0.3) is 0 Å². The standard InChI is InChI=1S/C11H17NO2/c1-8(2)11(13)12-9(3)6-10-4-5-14-7-10/h4-5,7-9H,6H2,1-3H3,(H,12,13). The van der Waals surface area contributed by atoms with Crippen LogP contribution in [0.25, 0.3) is 0 Å². The van der Waals surface area contributed by atoms with Gasteiger partial charge in [0.2, 0.25) is 5.91 Å². The van der Waals surface area contributed by atoms with Crippen LogP contribution in [0.4, 0.5) is 0 Å². The van der Waals surface area contributed by atoms with Crippen molar-refractivity contribution in [3.63, 3.8) is 0 Å². The molecule has 0 aliphatic rings. The summed E-state index contributed by atoms with van der Waals surface area (Å²) in [6.07, 6.45) is 4.17. The Hall–Kier alpha value is -1.25. The van der Waals surface area contributed by atoms with Crippen LogP contribution in [0.2, 0.25) is 0 Å². The maximum Gasteiger partial charge on any atom is 0.222 e. The number of carbonyl (C=O) groups is 1. The molecule has 1 atom stereocenters. The quantitative estimate of drug-likeness (QED) is 0.798. The summed E-state index contributed by atoms with van der Waals surface area (Å²) in [5.41, 5.74) is 1.11. The molecular formula is C11H17NO2. The van der Waals surface area contributed by atoms with Crippen LogP contribution in [-0.4, -0.2) is 11.9 Å². The van der Waals surface area contributed by atoms with E-state index < -0.39 is 0 Å². The van der Waals surface area contributed by atoms with E-state index in [0.717, 1.165) is 12.0 Å². The van der Waals surface area contributed by atoms with E-state index in [0.29, 0.717) is 0 Å². The van der Waals surface area contributed by atoms with Crippen LogP contribution in [-0.2, 0) is 11.2 Å². The molecule has 1 aromatic rings. The second-order valence-corrected chi connectivity index (χ2v) is 3.90. The number of rotatable bonds is 4. The molecule has 1 amide bonds. The van der Waals surface area contributed by atoms with Gasteiger partial charge in [0, 0.05) is 12.0 Å². The van der Waals surface area contributed by atoms with Gasteiger partial charge in [-0.15, -0.1) is 0 Å². The van der Waals surface area contributed by atoms with Gasteiger partial charge in [-0.05, 0) is 25.0 Å². The molecule has 1 rings (SSSR count). The van der Waals surface area contributed by atoms with Crippen LogP contribution in [0.15, 0.2) is 23.0 Å². The van der Waals surface area contributed by atoms with Gasteiger partial charge in [-0.1, -0.05) is 13.8 Å². The first kappa shape index (κ1) is 10.8. The average molecular weight is 195 g/mol. The highest BCUT2D eigenvalue weighted by atomic mass is 16.3. The molecule has 0 fully saturated rings. The van der Waals surface area contributed by atoms with E-state index in [-0.39, 0.29) is 17.9 Å². The Labute approximate surface area is 84.5 Å². The fourth-order valence-electron chi connectivity index (χ4n) is 1.22. The Kier molecular flexibility index (Phi) is 3.74. The summed E-state index contributed by atoms with van der Waals surface area (Å²) in [5.74, 6) is 0.141. The Balaban J connectivity index is 2.36. The minimum Gasteiger partial charge on any atom is -0.472 e. The molecule has 0 aromatic carbocycles. The minimum absolute atomic E-state index is 0.0433. The van der Waals surface area contributed by atoms with E-state index in [1.165, 1.54) is 0 Å². The van der Waals surface area contributed by atoms with Gasteiger partial charge in [-0.2, -0.15) is 0 Å². The second kappa shape index (κ2) is 4.84. The fraction of sp³-hybridized carbons (Fsp3) is 0.545. The zero-order chi connectivity index (χ0) is 10.6. The molecule has 0 saturated heterocycles. The lowest BCUT2D eigenvalue weighted by atomic mass is 10.1. The lowest BCUT2D eigenvalue weighted by molar-refractivity contribution is -0.124. The number of furan rings is 1. The van der Waals surface area contributed by atoms with Crippen molar-refractivity contribution in [2.45, 2.75) is 33.2 Å². The second-order valence-electron chi connectivity index (χ2n) is 3.90. The lowest BCUT2D eigenvalue weighted by Crippen LogP contribution is -2.36. The first-order valence-corrected chi connectivity index (χ1v) is 4.91. The molecule has 1 unspecified atom stereocenters. The lowest BCUT2D eigenvalue weighted by Gasteiger charge is -2.14. The van der Waals surface area contributed by atoms with Crippen LogP contribution in [0.5, 0.6) is 0 Å². The number of nitrogens with one attached hydrogen (secondary N) is 1. The molecule has 3 heteroatoms. The zero-order valence-electron chi connectivity index (χ0n) is 8.91. The molecule has 0 bridgehead atoms. The molecule has 0 radical (unpaired) electrons. The van der Waals surface area contributed by atoms with E-state index >= 15 is 0 Å². The third kappa shape index (κ3) is 3.24. The minimum atomic E-state index is 0.0433. The van der Waals surface area contributed by atoms with Crippen molar-refractivity contribution in [2.75, 3.05) is 0 Å². The maximum absolute atomic E-state index is 11.3. The molecule has 1 heterocycles. The molecule has 14 heavy (non-hydrogen) atoms. The summed E-state index contributed by atoms with van der Waals surface area (Å²) >= 11 is 0. The van der Waals surface area contributed by atoms with Crippen molar-refractivity contribution in [3.05, 3.63) is 24.2 Å². The van der Waals surface area contributed by atoms with Crippen molar-refractivity contribution in [2.24, 2.45) is 5.92 Å². The van der Waals surface area contributed by atoms with Gasteiger partial charge in [0.15, 0.2) is 0 Å². The summed E-state index contributed by atoms with van der Waals surface area (Å²) in [7, 11) is 0. The SMILES string of the molecule is CC(Cc1ccoc1)NC(=O)C(C)C. The molecule has 1 N–H and O–H groups in total. The van der Waals surface area contributed by atoms with Crippen LogP contribution in [0.3, 0.4) is 0 Å². The Morgan fingerprint density at radius 3 is 2.71 bits per heavy atom. The molecule has 0 spiro atoms. The van der Waals surface area contributed by atoms with Crippen LogP contribution in [0, 0.1) is 5.92 Å². The predicted molar refractivity (Wildman–Crippen MR) is 54.9 cm³/mol. The van der Waals surface area contributed by atoms with Crippen LogP contribution >= 0.6 is 0 Å². The van der Waals surface area contributed by atoms with E-state index in [1.54, 1.807) is 12.5 Å². The number of carbonyl (C=O) groups excluding carboxylic acids is 1. The van der Waals surface area contributed by atoms with Gasteiger partial charge in [-0.25, -0.2) is 0 Å². The van der Waals surface area contributed by atoms with Gasteiger partial charge in [0.1, 0.15) is 0 Å². The van der Waals surface area contributed by atoms with E-state index in [9.17, 15) is 4.79 Å². The summed E-state index contributed by atoms with van der Waals surface area (Å²) < 4.78 is 4.96. The summed E-state index contributed by atoms with van der Waals surface area (Å²) in [5, 5.41) is 2.94. The fourth-order valence-corrected chi connectivity index (χ4v) is 1.22. The Bertz CT molecular complexity index is 277. The van der Waals surface area contributed by atoms with E-state index in [2.05, 4.69) is 5.32 Å². The van der Waals surface area contributed by atoms with Crippen molar-refractivity contribution in [1.82, 2.24) is 5.32 Å². The van der Waals surface area contributed by atoms with Gasteiger partial charge >= 0.3 is 0 Å². The van der Waals surface area contributed by atoms with Gasteiger partial charge in [0.05, 0.1) is 12.5 Å². The molecule has 3 nitrogen and oxygen atoms in total. The third-order valence-corrected chi connectivity index (χ3v) is 2.04. The third-order valence-electron chi connectivity index (χ3n) is 2.04. The number of hydrogen-bond acceptors (Lipinski definition) is 2. The molecular weight excluding hydrogens is 178 g/mol. The van der Waals surface area contributed by atoms with Crippen molar-refractivity contribution in [3.8, 4) is 0 Å². The number of amides is 1.